The minimum Gasteiger partial charge on any atom is -0.478 e. The van der Waals surface area contributed by atoms with Gasteiger partial charge < -0.3 is 5.11 Å². The highest BCUT2D eigenvalue weighted by Crippen LogP contribution is 2.23. The molecule has 0 aliphatic rings. The van der Waals surface area contributed by atoms with E-state index >= 15 is 0 Å². The number of carboxylic acid groups (broad SMARTS) is 1. The van der Waals surface area contributed by atoms with Crippen molar-refractivity contribution in [3.05, 3.63) is 39.4 Å². The number of carbonyl (C=O) groups is 1. The average molecular weight is 245 g/mol. The molecule has 0 bridgehead atoms. The summed E-state index contributed by atoms with van der Waals surface area (Å²) in [6, 6.07) is 4.96. The van der Waals surface area contributed by atoms with Crippen molar-refractivity contribution in [2.24, 2.45) is 0 Å². The molecule has 0 aliphatic carbocycles. The average Bonchev–Trinajstić information content (AvgIpc) is 2.16. The molecular formula is C11H10Cl2O2. The van der Waals surface area contributed by atoms with Crippen LogP contribution in [-0.4, -0.2) is 11.1 Å². The lowest BCUT2D eigenvalue weighted by Crippen LogP contribution is -1.98. The van der Waals surface area contributed by atoms with Crippen molar-refractivity contribution in [2.75, 3.05) is 0 Å². The summed E-state index contributed by atoms with van der Waals surface area (Å²) in [4.78, 5) is 10.8. The molecule has 0 spiro atoms. The number of hydrogen-bond donors (Lipinski definition) is 1. The van der Waals surface area contributed by atoms with Crippen LogP contribution in [0.3, 0.4) is 0 Å². The van der Waals surface area contributed by atoms with Gasteiger partial charge in [-0.05, 0) is 30.2 Å². The minimum absolute atomic E-state index is 0.319. The van der Waals surface area contributed by atoms with Crippen molar-refractivity contribution in [2.45, 2.75) is 13.3 Å². The molecule has 0 radical (unpaired) electrons. The predicted octanol–water partition coefficient (Wildman–Crippen LogP) is 3.87. The number of halogens is 2. The Hall–Kier alpha value is -0.990. The first kappa shape index (κ1) is 12.1. The third kappa shape index (κ3) is 3.26. The molecule has 0 amide bonds. The summed E-state index contributed by atoms with van der Waals surface area (Å²) in [6.45, 7) is 1.78. The third-order valence-corrected chi connectivity index (χ3v) is 2.51. The first-order valence-corrected chi connectivity index (χ1v) is 5.19. The van der Waals surface area contributed by atoms with Crippen LogP contribution in [0.5, 0.6) is 0 Å². The molecule has 0 heterocycles. The van der Waals surface area contributed by atoms with Gasteiger partial charge in [0.2, 0.25) is 0 Å². The zero-order chi connectivity index (χ0) is 11.4. The lowest BCUT2D eigenvalue weighted by atomic mass is 10.1. The van der Waals surface area contributed by atoms with E-state index in [0.717, 1.165) is 0 Å². The molecule has 0 fully saturated rings. The number of benzene rings is 1. The number of aliphatic carboxylic acids is 1. The molecule has 1 N–H and O–H groups in total. The summed E-state index contributed by atoms with van der Waals surface area (Å²) >= 11 is 11.6. The predicted molar refractivity (Wildman–Crippen MR) is 62.4 cm³/mol. The van der Waals surface area contributed by atoms with Gasteiger partial charge in [-0.3, -0.25) is 0 Å². The highest BCUT2D eigenvalue weighted by Gasteiger charge is 2.06. The van der Waals surface area contributed by atoms with E-state index in [1.165, 1.54) is 0 Å². The summed E-state index contributed by atoms with van der Waals surface area (Å²) in [5.74, 6) is -0.927. The van der Waals surface area contributed by atoms with E-state index in [1.54, 1.807) is 31.2 Å². The van der Waals surface area contributed by atoms with Crippen molar-refractivity contribution in [3.8, 4) is 0 Å². The first-order valence-electron chi connectivity index (χ1n) is 4.43. The van der Waals surface area contributed by atoms with Crippen LogP contribution in [0.25, 0.3) is 6.08 Å². The van der Waals surface area contributed by atoms with Crippen LogP contribution in [0, 0.1) is 0 Å². The maximum absolute atomic E-state index is 10.8. The smallest absolute Gasteiger partial charge is 0.331 e. The van der Waals surface area contributed by atoms with Gasteiger partial charge in [0.25, 0.3) is 0 Å². The van der Waals surface area contributed by atoms with Gasteiger partial charge in [-0.2, -0.15) is 0 Å². The lowest BCUT2D eigenvalue weighted by Gasteiger charge is -2.01. The summed E-state index contributed by atoms with van der Waals surface area (Å²) in [5.41, 5.74) is 0.986. The SMILES string of the molecule is CC/C(=C\c1ccc(Cl)cc1Cl)C(=O)O. The lowest BCUT2D eigenvalue weighted by molar-refractivity contribution is -0.132. The van der Waals surface area contributed by atoms with Crippen molar-refractivity contribution >= 4 is 35.2 Å². The second-order valence-corrected chi connectivity index (χ2v) is 3.84. The fraction of sp³-hybridized carbons (Fsp3) is 0.182. The van der Waals surface area contributed by atoms with Crippen LogP contribution >= 0.6 is 23.2 Å². The Bertz CT molecular complexity index is 411. The fourth-order valence-corrected chi connectivity index (χ4v) is 1.58. The molecule has 4 heteroatoms. The van der Waals surface area contributed by atoms with Gasteiger partial charge in [-0.25, -0.2) is 4.79 Å². The van der Waals surface area contributed by atoms with Crippen LogP contribution in [-0.2, 0) is 4.79 Å². The molecule has 2 nitrogen and oxygen atoms in total. The summed E-state index contributed by atoms with van der Waals surface area (Å²) in [6.07, 6.45) is 2.01. The summed E-state index contributed by atoms with van der Waals surface area (Å²) in [7, 11) is 0. The molecule has 0 saturated carbocycles. The molecule has 1 aromatic carbocycles. The normalized spacial score (nSPS) is 11.5. The second-order valence-electron chi connectivity index (χ2n) is 2.99. The molecule has 0 aromatic heterocycles. The molecule has 0 unspecified atom stereocenters. The van der Waals surface area contributed by atoms with Gasteiger partial charge in [-0.1, -0.05) is 36.2 Å². The third-order valence-electron chi connectivity index (χ3n) is 1.95. The Balaban J connectivity index is 3.12. The fourth-order valence-electron chi connectivity index (χ4n) is 1.12. The Morgan fingerprint density at radius 3 is 2.60 bits per heavy atom. The van der Waals surface area contributed by atoms with Gasteiger partial charge >= 0.3 is 5.97 Å². The molecule has 0 saturated heterocycles. The Morgan fingerprint density at radius 1 is 1.47 bits per heavy atom. The summed E-state index contributed by atoms with van der Waals surface area (Å²) < 4.78 is 0. The van der Waals surface area contributed by atoms with Gasteiger partial charge in [0.1, 0.15) is 0 Å². The number of rotatable bonds is 3. The monoisotopic (exact) mass is 244 g/mol. The highest BCUT2D eigenvalue weighted by molar-refractivity contribution is 6.35. The van der Waals surface area contributed by atoms with Crippen molar-refractivity contribution in [3.63, 3.8) is 0 Å². The van der Waals surface area contributed by atoms with Crippen molar-refractivity contribution in [1.82, 2.24) is 0 Å². The van der Waals surface area contributed by atoms with Crippen LogP contribution < -0.4 is 0 Å². The zero-order valence-corrected chi connectivity index (χ0v) is 9.64. The molecular weight excluding hydrogens is 235 g/mol. The van der Waals surface area contributed by atoms with Crippen LogP contribution in [0.1, 0.15) is 18.9 Å². The van der Waals surface area contributed by atoms with Gasteiger partial charge in [0, 0.05) is 15.6 Å². The quantitative estimate of drug-likeness (QED) is 0.820. The topological polar surface area (TPSA) is 37.3 Å². The van der Waals surface area contributed by atoms with Crippen LogP contribution in [0.2, 0.25) is 10.0 Å². The molecule has 0 aliphatic heterocycles. The highest BCUT2D eigenvalue weighted by atomic mass is 35.5. The van der Waals surface area contributed by atoms with Gasteiger partial charge in [0.15, 0.2) is 0 Å². The maximum atomic E-state index is 10.8. The number of carboxylic acids is 1. The zero-order valence-electron chi connectivity index (χ0n) is 8.13. The van der Waals surface area contributed by atoms with E-state index in [-0.39, 0.29) is 0 Å². The van der Waals surface area contributed by atoms with E-state index in [1.807, 2.05) is 0 Å². The van der Waals surface area contributed by atoms with Crippen molar-refractivity contribution in [1.29, 1.82) is 0 Å². The Kier molecular flexibility index (Phi) is 4.18. The molecule has 15 heavy (non-hydrogen) atoms. The Morgan fingerprint density at radius 2 is 2.13 bits per heavy atom. The van der Waals surface area contributed by atoms with Crippen LogP contribution in [0.4, 0.5) is 0 Å². The van der Waals surface area contributed by atoms with Crippen molar-refractivity contribution < 1.29 is 9.90 Å². The molecule has 1 aromatic rings. The maximum Gasteiger partial charge on any atom is 0.331 e. The minimum atomic E-state index is -0.927. The van der Waals surface area contributed by atoms with Gasteiger partial charge in [-0.15, -0.1) is 0 Å². The standard InChI is InChI=1S/C11H10Cl2O2/c1-2-7(11(14)15)5-8-3-4-9(12)6-10(8)13/h3-6H,2H2,1H3,(H,14,15)/b7-5+. The van der Waals surface area contributed by atoms with E-state index in [2.05, 4.69) is 0 Å². The van der Waals surface area contributed by atoms with E-state index in [0.29, 0.717) is 27.6 Å². The second kappa shape index (κ2) is 5.19. The largest absolute Gasteiger partial charge is 0.478 e. The molecule has 80 valence electrons. The Labute approximate surface area is 98.1 Å². The first-order chi connectivity index (χ1) is 7.04. The molecule has 0 atom stereocenters. The van der Waals surface area contributed by atoms with Gasteiger partial charge in [0.05, 0.1) is 0 Å². The summed E-state index contributed by atoms with van der Waals surface area (Å²) in [5, 5.41) is 9.83. The number of hydrogen-bond acceptors (Lipinski definition) is 1. The van der Waals surface area contributed by atoms with E-state index < -0.39 is 5.97 Å². The van der Waals surface area contributed by atoms with Crippen LogP contribution in [0.15, 0.2) is 23.8 Å². The van der Waals surface area contributed by atoms with E-state index in [4.69, 9.17) is 28.3 Å². The molecule has 1 rings (SSSR count). The van der Waals surface area contributed by atoms with E-state index in [9.17, 15) is 4.79 Å².